The van der Waals surface area contributed by atoms with Gasteiger partial charge in [-0.05, 0) is 85.0 Å². The predicted octanol–water partition coefficient (Wildman–Crippen LogP) is 6.66. The first-order valence-corrected chi connectivity index (χ1v) is 13.6. The van der Waals surface area contributed by atoms with Crippen molar-refractivity contribution in [2.45, 2.75) is 64.3 Å². The number of nitrogens with one attached hydrogen (secondary N) is 2. The zero-order valence-electron chi connectivity index (χ0n) is 22.9. The lowest BCUT2D eigenvalue weighted by Gasteiger charge is -2.34. The zero-order valence-corrected chi connectivity index (χ0v) is 22.9. The van der Waals surface area contributed by atoms with Crippen LogP contribution in [-0.2, 0) is 30.5 Å². The standard InChI is InChI=1S/C32H34F3N3O2/c1-31(2,3)37-30(40)38-15-14-25-24(21-10-7-11-23(16-21)32(33,34)35)13-12-22(28(25)19-38)18-36-29(39)27-17-26(27)20-8-5-4-6-9-20/h4-13,16,26-27H,14-15,17-19H2,1-3H3,(H,36,39)(H,37,40)/t26-,27+/m0/s1. The Morgan fingerprint density at radius 1 is 0.950 bits per heavy atom. The fraction of sp³-hybridized carbons (Fsp3) is 0.375. The van der Waals surface area contributed by atoms with Crippen LogP contribution in [0.4, 0.5) is 18.0 Å². The molecule has 0 bridgehead atoms. The Morgan fingerprint density at radius 2 is 1.70 bits per heavy atom. The van der Waals surface area contributed by atoms with E-state index in [0.29, 0.717) is 25.1 Å². The minimum atomic E-state index is -4.44. The van der Waals surface area contributed by atoms with Crippen molar-refractivity contribution in [2.75, 3.05) is 6.54 Å². The molecule has 1 aliphatic heterocycles. The Kier molecular flexibility index (Phi) is 7.38. The minimum Gasteiger partial charge on any atom is -0.352 e. The molecule has 1 aliphatic carbocycles. The third kappa shape index (κ3) is 6.16. The lowest BCUT2D eigenvalue weighted by Crippen LogP contribution is -2.50. The summed E-state index contributed by atoms with van der Waals surface area (Å²) in [4.78, 5) is 27.7. The van der Waals surface area contributed by atoms with E-state index in [9.17, 15) is 22.8 Å². The summed E-state index contributed by atoms with van der Waals surface area (Å²) in [6.45, 7) is 6.78. The van der Waals surface area contributed by atoms with Gasteiger partial charge >= 0.3 is 12.2 Å². The highest BCUT2D eigenvalue weighted by Crippen LogP contribution is 2.47. The second kappa shape index (κ2) is 10.6. The van der Waals surface area contributed by atoms with Gasteiger partial charge in [-0.25, -0.2) is 4.79 Å². The van der Waals surface area contributed by atoms with Gasteiger partial charge in [0.15, 0.2) is 0 Å². The van der Waals surface area contributed by atoms with E-state index >= 15 is 0 Å². The third-order valence-electron chi connectivity index (χ3n) is 7.59. The van der Waals surface area contributed by atoms with E-state index in [4.69, 9.17) is 0 Å². The van der Waals surface area contributed by atoms with Crippen LogP contribution in [0, 0.1) is 5.92 Å². The van der Waals surface area contributed by atoms with Gasteiger partial charge in [-0.2, -0.15) is 13.2 Å². The Morgan fingerprint density at radius 3 is 2.40 bits per heavy atom. The Bertz CT molecular complexity index is 1410. The lowest BCUT2D eigenvalue weighted by atomic mass is 9.87. The van der Waals surface area contributed by atoms with Crippen LogP contribution in [0.1, 0.15) is 60.9 Å². The number of hydrogen-bond donors (Lipinski definition) is 2. The van der Waals surface area contributed by atoms with Crippen molar-refractivity contribution >= 4 is 11.9 Å². The molecule has 3 aromatic rings. The molecular weight excluding hydrogens is 515 g/mol. The number of nitrogens with zero attached hydrogens (tertiary/aromatic N) is 1. The van der Waals surface area contributed by atoms with E-state index in [0.717, 1.165) is 40.3 Å². The first-order valence-electron chi connectivity index (χ1n) is 13.6. The van der Waals surface area contributed by atoms with E-state index in [1.165, 1.54) is 12.1 Å². The Hall–Kier alpha value is -3.81. The Balaban J connectivity index is 1.41. The topological polar surface area (TPSA) is 61.4 Å². The molecule has 0 spiro atoms. The van der Waals surface area contributed by atoms with Crippen LogP contribution >= 0.6 is 0 Å². The van der Waals surface area contributed by atoms with Gasteiger partial charge in [-0.3, -0.25) is 4.79 Å². The van der Waals surface area contributed by atoms with Crippen molar-refractivity contribution in [1.29, 1.82) is 0 Å². The number of urea groups is 1. The van der Waals surface area contributed by atoms with Gasteiger partial charge < -0.3 is 15.5 Å². The summed E-state index contributed by atoms with van der Waals surface area (Å²) in [5, 5.41) is 6.07. The zero-order chi connectivity index (χ0) is 28.7. The van der Waals surface area contributed by atoms with Gasteiger partial charge in [0.1, 0.15) is 0 Å². The van der Waals surface area contributed by atoms with E-state index in [1.54, 1.807) is 11.0 Å². The number of fused-ring (bicyclic) bond motifs is 1. The summed E-state index contributed by atoms with van der Waals surface area (Å²) < 4.78 is 40.4. The summed E-state index contributed by atoms with van der Waals surface area (Å²) in [5.41, 5.74) is 3.91. The summed E-state index contributed by atoms with van der Waals surface area (Å²) in [6, 6.07) is 18.8. The van der Waals surface area contributed by atoms with Crippen LogP contribution < -0.4 is 10.6 Å². The molecule has 3 aromatic carbocycles. The highest BCUT2D eigenvalue weighted by molar-refractivity contribution is 5.83. The van der Waals surface area contributed by atoms with Gasteiger partial charge in [0.05, 0.1) is 5.56 Å². The maximum atomic E-state index is 13.5. The molecule has 0 aromatic heterocycles. The number of hydrogen-bond acceptors (Lipinski definition) is 2. The van der Waals surface area contributed by atoms with Crippen LogP contribution in [0.2, 0.25) is 0 Å². The van der Waals surface area contributed by atoms with Crippen LogP contribution in [0.5, 0.6) is 0 Å². The number of carbonyl (C=O) groups is 2. The fourth-order valence-electron chi connectivity index (χ4n) is 5.48. The summed E-state index contributed by atoms with van der Waals surface area (Å²) >= 11 is 0. The van der Waals surface area contributed by atoms with Crippen molar-refractivity contribution in [3.8, 4) is 11.1 Å². The second-order valence-corrected chi connectivity index (χ2v) is 11.7. The molecule has 1 saturated carbocycles. The maximum Gasteiger partial charge on any atom is 0.416 e. The largest absolute Gasteiger partial charge is 0.416 e. The molecule has 2 N–H and O–H groups in total. The van der Waals surface area contributed by atoms with Crippen molar-refractivity contribution in [3.05, 3.63) is 94.5 Å². The van der Waals surface area contributed by atoms with Crippen molar-refractivity contribution in [1.82, 2.24) is 15.5 Å². The van der Waals surface area contributed by atoms with Crippen molar-refractivity contribution in [2.24, 2.45) is 5.92 Å². The van der Waals surface area contributed by atoms with Crippen LogP contribution in [0.25, 0.3) is 11.1 Å². The maximum absolute atomic E-state index is 13.5. The first kappa shape index (κ1) is 27.7. The van der Waals surface area contributed by atoms with Crippen LogP contribution in [0.15, 0.2) is 66.7 Å². The van der Waals surface area contributed by atoms with E-state index in [-0.39, 0.29) is 30.3 Å². The summed E-state index contributed by atoms with van der Waals surface area (Å²) in [5.74, 6) is 0.134. The molecule has 0 unspecified atom stereocenters. The Labute approximate surface area is 232 Å². The molecular formula is C32H34F3N3O2. The molecule has 1 heterocycles. The van der Waals surface area contributed by atoms with Gasteiger partial charge in [-0.15, -0.1) is 0 Å². The average molecular weight is 550 g/mol. The predicted molar refractivity (Wildman–Crippen MR) is 148 cm³/mol. The number of benzene rings is 3. The van der Waals surface area contributed by atoms with Crippen molar-refractivity contribution < 1.29 is 22.8 Å². The second-order valence-electron chi connectivity index (χ2n) is 11.7. The van der Waals surface area contributed by atoms with E-state index < -0.39 is 17.3 Å². The normalized spacial score (nSPS) is 18.6. The van der Waals surface area contributed by atoms with E-state index in [1.807, 2.05) is 63.2 Å². The number of amides is 3. The molecule has 1 fully saturated rings. The molecule has 5 rings (SSSR count). The quantitative estimate of drug-likeness (QED) is 0.374. The molecule has 40 heavy (non-hydrogen) atoms. The van der Waals surface area contributed by atoms with E-state index in [2.05, 4.69) is 10.6 Å². The monoisotopic (exact) mass is 549 g/mol. The van der Waals surface area contributed by atoms with Gasteiger partial charge in [0.2, 0.25) is 5.91 Å². The van der Waals surface area contributed by atoms with Crippen LogP contribution in [0.3, 0.4) is 0 Å². The lowest BCUT2D eigenvalue weighted by molar-refractivity contribution is -0.137. The van der Waals surface area contributed by atoms with Gasteiger partial charge in [-0.1, -0.05) is 54.6 Å². The molecule has 0 saturated heterocycles. The number of rotatable bonds is 5. The number of carbonyl (C=O) groups excluding carboxylic acids is 2. The first-order chi connectivity index (χ1) is 18.9. The molecule has 210 valence electrons. The fourth-order valence-corrected chi connectivity index (χ4v) is 5.48. The highest BCUT2D eigenvalue weighted by atomic mass is 19.4. The molecule has 0 radical (unpaired) electrons. The smallest absolute Gasteiger partial charge is 0.352 e. The highest BCUT2D eigenvalue weighted by Gasteiger charge is 2.43. The summed E-state index contributed by atoms with van der Waals surface area (Å²) in [7, 11) is 0. The third-order valence-corrected chi connectivity index (χ3v) is 7.59. The molecule has 3 amide bonds. The summed E-state index contributed by atoms with van der Waals surface area (Å²) in [6.07, 6.45) is -3.13. The minimum absolute atomic E-state index is 0.0114. The van der Waals surface area contributed by atoms with Gasteiger partial charge in [0, 0.05) is 31.1 Å². The number of alkyl halides is 3. The van der Waals surface area contributed by atoms with Gasteiger partial charge in [0.25, 0.3) is 0 Å². The SMILES string of the molecule is CC(C)(C)NC(=O)N1CCc2c(-c3cccc(C(F)(F)F)c3)ccc(CNC(=O)[C@@H]3C[C@H]3c3ccccc3)c2C1. The average Bonchev–Trinajstić information content (AvgIpc) is 3.72. The molecule has 8 heteroatoms. The molecule has 2 atom stereocenters. The molecule has 2 aliphatic rings. The number of halogens is 3. The van der Waals surface area contributed by atoms with Crippen LogP contribution in [-0.4, -0.2) is 28.9 Å². The molecule has 5 nitrogen and oxygen atoms in total. The van der Waals surface area contributed by atoms with Crippen molar-refractivity contribution in [3.63, 3.8) is 0 Å².